The Hall–Kier alpha value is -3.55. The monoisotopic (exact) mass is 368 g/mol. The van der Waals surface area contributed by atoms with Crippen molar-refractivity contribution in [3.63, 3.8) is 0 Å². The number of aromatic amines is 1. The van der Waals surface area contributed by atoms with Crippen LogP contribution in [0.15, 0.2) is 42.9 Å². The number of carbonyl (C=O) groups excluding carboxylic acids is 2. The van der Waals surface area contributed by atoms with Crippen LogP contribution < -0.4 is 5.32 Å². The van der Waals surface area contributed by atoms with Crippen LogP contribution in [0.3, 0.4) is 0 Å². The molecule has 0 spiro atoms. The first-order valence-electron chi connectivity index (χ1n) is 8.19. The van der Waals surface area contributed by atoms with Gasteiger partial charge in [-0.05, 0) is 26.0 Å². The number of rotatable bonds is 5. The number of ether oxygens (including phenoxy) is 1. The summed E-state index contributed by atoms with van der Waals surface area (Å²) in [5.74, 6) is -1.73. The van der Waals surface area contributed by atoms with E-state index in [9.17, 15) is 9.59 Å². The average molecular weight is 368 g/mol. The number of benzene rings is 1. The number of aromatic nitrogens is 3. The topological polar surface area (TPSA) is 97.0 Å². The molecule has 8 heteroatoms. The van der Waals surface area contributed by atoms with E-state index < -0.39 is 17.7 Å². The van der Waals surface area contributed by atoms with Crippen molar-refractivity contribution in [2.24, 2.45) is 0 Å². The van der Waals surface area contributed by atoms with E-state index in [0.29, 0.717) is 11.0 Å². The largest absolute Gasteiger partial charge is 0.462 e. The lowest BCUT2D eigenvalue weighted by atomic mass is 10.0. The molecule has 2 N–H and O–H groups in total. The van der Waals surface area contributed by atoms with Crippen LogP contribution in [0.25, 0.3) is 22.3 Å². The number of halogens is 1. The fourth-order valence-electron chi connectivity index (χ4n) is 2.58. The van der Waals surface area contributed by atoms with Crippen molar-refractivity contribution < 1.29 is 18.7 Å². The molecule has 1 aromatic carbocycles. The Morgan fingerprint density at radius 3 is 2.81 bits per heavy atom. The van der Waals surface area contributed by atoms with E-state index in [1.807, 2.05) is 0 Å². The number of anilines is 1. The van der Waals surface area contributed by atoms with Crippen molar-refractivity contribution in [3.05, 3.63) is 54.3 Å². The highest BCUT2D eigenvalue weighted by atomic mass is 19.1. The Kier molecular flexibility index (Phi) is 4.98. The summed E-state index contributed by atoms with van der Waals surface area (Å²) < 4.78 is 20.1. The SMILES string of the molecule is C=C(C)C(=O)Nc1cccc(-c2ncnc3[nH]cc(C(=O)OCC)c23)c1F. The van der Waals surface area contributed by atoms with Gasteiger partial charge in [0.2, 0.25) is 0 Å². The lowest BCUT2D eigenvalue weighted by molar-refractivity contribution is -0.112. The number of carbonyl (C=O) groups is 2. The summed E-state index contributed by atoms with van der Waals surface area (Å²) in [7, 11) is 0. The molecule has 27 heavy (non-hydrogen) atoms. The van der Waals surface area contributed by atoms with Gasteiger partial charge in [-0.15, -0.1) is 0 Å². The summed E-state index contributed by atoms with van der Waals surface area (Å²) in [4.78, 5) is 35.1. The molecule has 1 amide bonds. The number of esters is 1. The molecule has 2 heterocycles. The Bertz CT molecular complexity index is 1060. The van der Waals surface area contributed by atoms with Crippen molar-refractivity contribution in [1.29, 1.82) is 0 Å². The van der Waals surface area contributed by atoms with Gasteiger partial charge in [0.1, 0.15) is 12.0 Å². The number of H-pyrrole nitrogens is 1. The molecular weight excluding hydrogens is 351 g/mol. The Labute approximate surface area is 154 Å². The first-order chi connectivity index (χ1) is 12.9. The maximum Gasteiger partial charge on any atom is 0.340 e. The zero-order valence-electron chi connectivity index (χ0n) is 14.8. The minimum absolute atomic E-state index is 0.0134. The van der Waals surface area contributed by atoms with Crippen LogP contribution in [-0.2, 0) is 9.53 Å². The minimum atomic E-state index is -0.678. The van der Waals surface area contributed by atoms with Crippen LogP contribution in [-0.4, -0.2) is 33.4 Å². The van der Waals surface area contributed by atoms with Gasteiger partial charge in [0.05, 0.1) is 28.9 Å². The van der Waals surface area contributed by atoms with E-state index in [2.05, 4.69) is 26.8 Å². The highest BCUT2D eigenvalue weighted by molar-refractivity contribution is 6.08. The Morgan fingerprint density at radius 1 is 1.33 bits per heavy atom. The molecule has 138 valence electrons. The standard InChI is InChI=1S/C19H17FN4O3/c1-4-27-19(26)12-8-21-17-14(12)16(22-9-23-17)11-6-5-7-13(15(11)20)24-18(25)10(2)3/h5-9H,2,4H2,1,3H3,(H,24,25)(H,21,22,23). The molecule has 0 fully saturated rings. The third kappa shape index (κ3) is 3.41. The number of amides is 1. The molecule has 3 rings (SSSR count). The van der Waals surface area contributed by atoms with Gasteiger partial charge in [0.25, 0.3) is 5.91 Å². The van der Waals surface area contributed by atoms with Crippen LogP contribution in [0.1, 0.15) is 24.2 Å². The fourth-order valence-corrected chi connectivity index (χ4v) is 2.58. The molecule has 0 saturated carbocycles. The molecule has 2 aromatic heterocycles. The summed E-state index contributed by atoms with van der Waals surface area (Å²) in [6.07, 6.45) is 2.72. The van der Waals surface area contributed by atoms with Crippen molar-refractivity contribution in [3.8, 4) is 11.3 Å². The zero-order chi connectivity index (χ0) is 19.6. The molecule has 0 atom stereocenters. The smallest absolute Gasteiger partial charge is 0.340 e. The molecule has 0 saturated heterocycles. The zero-order valence-corrected chi connectivity index (χ0v) is 14.8. The molecule has 7 nitrogen and oxygen atoms in total. The van der Waals surface area contributed by atoms with Gasteiger partial charge < -0.3 is 15.0 Å². The number of nitrogens with zero attached hydrogens (tertiary/aromatic N) is 2. The maximum atomic E-state index is 15.1. The third-order valence-electron chi connectivity index (χ3n) is 3.85. The predicted molar refractivity (Wildman–Crippen MR) is 98.7 cm³/mol. The van der Waals surface area contributed by atoms with Gasteiger partial charge in [-0.1, -0.05) is 12.6 Å². The highest BCUT2D eigenvalue weighted by Gasteiger charge is 2.21. The molecule has 0 unspecified atom stereocenters. The normalized spacial score (nSPS) is 10.6. The van der Waals surface area contributed by atoms with Gasteiger partial charge in [0, 0.05) is 17.3 Å². The maximum absolute atomic E-state index is 15.1. The summed E-state index contributed by atoms with van der Waals surface area (Å²) in [6, 6.07) is 4.52. The average Bonchev–Trinajstić information content (AvgIpc) is 3.08. The van der Waals surface area contributed by atoms with Crippen molar-refractivity contribution in [2.75, 3.05) is 11.9 Å². The van der Waals surface area contributed by atoms with E-state index in [-0.39, 0.29) is 34.7 Å². The lowest BCUT2D eigenvalue weighted by Crippen LogP contribution is -2.13. The van der Waals surface area contributed by atoms with Crippen molar-refractivity contribution in [2.45, 2.75) is 13.8 Å². The fraction of sp³-hybridized carbons (Fsp3) is 0.158. The second-order valence-corrected chi connectivity index (χ2v) is 5.77. The molecule has 0 aliphatic heterocycles. The quantitative estimate of drug-likeness (QED) is 0.531. The van der Waals surface area contributed by atoms with Crippen LogP contribution in [0.4, 0.5) is 10.1 Å². The van der Waals surface area contributed by atoms with Gasteiger partial charge in [-0.2, -0.15) is 0 Å². The molecule has 0 aliphatic rings. The first kappa shape index (κ1) is 18.2. The number of hydrogen-bond donors (Lipinski definition) is 2. The van der Waals surface area contributed by atoms with E-state index in [0.717, 1.165) is 0 Å². The van der Waals surface area contributed by atoms with E-state index in [1.54, 1.807) is 13.0 Å². The molecule has 0 bridgehead atoms. The highest BCUT2D eigenvalue weighted by Crippen LogP contribution is 2.32. The molecule has 3 aromatic rings. The van der Waals surface area contributed by atoms with Gasteiger partial charge in [0.15, 0.2) is 5.82 Å². The van der Waals surface area contributed by atoms with Crippen molar-refractivity contribution in [1.82, 2.24) is 15.0 Å². The predicted octanol–water partition coefficient (Wildman–Crippen LogP) is 3.46. The lowest BCUT2D eigenvalue weighted by Gasteiger charge is -2.11. The summed E-state index contributed by atoms with van der Waals surface area (Å²) in [5.41, 5.74) is 1.15. The van der Waals surface area contributed by atoms with Crippen LogP contribution in [0.2, 0.25) is 0 Å². The Balaban J connectivity index is 2.16. The first-order valence-corrected chi connectivity index (χ1v) is 8.19. The number of nitrogens with one attached hydrogen (secondary N) is 2. The summed E-state index contributed by atoms with van der Waals surface area (Å²) in [6.45, 7) is 6.95. The second kappa shape index (κ2) is 7.36. The van der Waals surface area contributed by atoms with Crippen LogP contribution >= 0.6 is 0 Å². The number of hydrogen-bond acceptors (Lipinski definition) is 5. The van der Waals surface area contributed by atoms with Crippen LogP contribution in [0.5, 0.6) is 0 Å². The van der Waals surface area contributed by atoms with Crippen LogP contribution in [0, 0.1) is 5.82 Å². The van der Waals surface area contributed by atoms with Gasteiger partial charge in [-0.3, -0.25) is 4.79 Å². The minimum Gasteiger partial charge on any atom is -0.462 e. The molecule has 0 aliphatic carbocycles. The molecule has 0 radical (unpaired) electrons. The number of fused-ring (bicyclic) bond motifs is 1. The second-order valence-electron chi connectivity index (χ2n) is 5.77. The summed E-state index contributed by atoms with van der Waals surface area (Å²) in [5, 5.41) is 2.81. The van der Waals surface area contributed by atoms with Crippen molar-refractivity contribution >= 4 is 28.6 Å². The Morgan fingerprint density at radius 2 is 2.11 bits per heavy atom. The summed E-state index contributed by atoms with van der Waals surface area (Å²) >= 11 is 0. The third-order valence-corrected chi connectivity index (χ3v) is 3.85. The van der Waals surface area contributed by atoms with Gasteiger partial charge >= 0.3 is 5.97 Å². The van der Waals surface area contributed by atoms with Gasteiger partial charge in [-0.25, -0.2) is 19.2 Å². The van der Waals surface area contributed by atoms with E-state index in [1.165, 1.54) is 31.6 Å². The van der Waals surface area contributed by atoms with E-state index >= 15 is 4.39 Å². The van der Waals surface area contributed by atoms with E-state index in [4.69, 9.17) is 4.74 Å². The molecular formula is C19H17FN4O3.